The molecule has 1 aliphatic rings. The molecule has 2 rings (SSSR count). The second-order valence-electron chi connectivity index (χ2n) is 4.97. The summed E-state index contributed by atoms with van der Waals surface area (Å²) in [7, 11) is 1.60. The fourth-order valence-corrected chi connectivity index (χ4v) is 2.83. The predicted molar refractivity (Wildman–Crippen MR) is 73.3 cm³/mol. The van der Waals surface area contributed by atoms with Crippen molar-refractivity contribution in [2.24, 2.45) is 5.41 Å². The first kappa shape index (κ1) is 13.4. The van der Waals surface area contributed by atoms with Gasteiger partial charge in [-0.05, 0) is 12.8 Å². The van der Waals surface area contributed by atoms with Crippen LogP contribution in [-0.4, -0.2) is 29.5 Å². The Balaban J connectivity index is 1.96. The molecule has 5 heteroatoms. The molecule has 1 saturated carbocycles. The van der Waals surface area contributed by atoms with Gasteiger partial charge in [0.15, 0.2) is 0 Å². The maximum Gasteiger partial charge on any atom is 0.225 e. The SMILES string of the molecule is COc1ccnc(NCC2(CCl)CCCCC2)n1. The van der Waals surface area contributed by atoms with E-state index >= 15 is 0 Å². The molecule has 0 radical (unpaired) electrons. The molecule has 1 heterocycles. The van der Waals surface area contributed by atoms with E-state index in [2.05, 4.69) is 15.3 Å². The van der Waals surface area contributed by atoms with Crippen LogP contribution in [0.25, 0.3) is 0 Å². The fraction of sp³-hybridized carbons (Fsp3) is 0.692. The number of methoxy groups -OCH3 is 1. The number of rotatable bonds is 5. The average molecular weight is 270 g/mol. The molecule has 0 saturated heterocycles. The van der Waals surface area contributed by atoms with Gasteiger partial charge in [0.25, 0.3) is 0 Å². The molecule has 1 N–H and O–H groups in total. The minimum Gasteiger partial charge on any atom is -0.481 e. The van der Waals surface area contributed by atoms with E-state index in [1.54, 1.807) is 19.4 Å². The normalized spacial score (nSPS) is 18.3. The van der Waals surface area contributed by atoms with Gasteiger partial charge in [0.1, 0.15) is 0 Å². The molecule has 0 spiro atoms. The maximum atomic E-state index is 6.16. The minimum atomic E-state index is 0.201. The molecule has 0 amide bonds. The van der Waals surface area contributed by atoms with E-state index in [1.807, 2.05) is 0 Å². The number of nitrogens with zero attached hydrogens (tertiary/aromatic N) is 2. The van der Waals surface area contributed by atoms with Gasteiger partial charge in [-0.3, -0.25) is 0 Å². The Labute approximate surface area is 113 Å². The van der Waals surface area contributed by atoms with Gasteiger partial charge in [-0.1, -0.05) is 19.3 Å². The van der Waals surface area contributed by atoms with Crippen LogP contribution >= 0.6 is 11.6 Å². The highest BCUT2D eigenvalue weighted by molar-refractivity contribution is 6.18. The van der Waals surface area contributed by atoms with Gasteiger partial charge in [-0.15, -0.1) is 11.6 Å². The lowest BCUT2D eigenvalue weighted by Gasteiger charge is -2.35. The highest BCUT2D eigenvalue weighted by Gasteiger charge is 2.31. The van der Waals surface area contributed by atoms with E-state index < -0.39 is 0 Å². The van der Waals surface area contributed by atoms with Crippen molar-refractivity contribution in [2.75, 3.05) is 24.9 Å². The van der Waals surface area contributed by atoms with E-state index in [0.717, 1.165) is 6.54 Å². The number of hydrogen-bond acceptors (Lipinski definition) is 4. The molecule has 0 unspecified atom stereocenters. The topological polar surface area (TPSA) is 47.0 Å². The molecular weight excluding hydrogens is 250 g/mol. The molecule has 1 aromatic heterocycles. The van der Waals surface area contributed by atoms with E-state index in [9.17, 15) is 0 Å². The minimum absolute atomic E-state index is 0.201. The Morgan fingerprint density at radius 2 is 2.17 bits per heavy atom. The Morgan fingerprint density at radius 3 is 2.83 bits per heavy atom. The third kappa shape index (κ3) is 3.25. The summed E-state index contributed by atoms with van der Waals surface area (Å²) in [5, 5.41) is 3.29. The Kier molecular flexibility index (Phi) is 4.64. The monoisotopic (exact) mass is 269 g/mol. The van der Waals surface area contributed by atoms with Gasteiger partial charge < -0.3 is 10.1 Å². The molecular formula is C13H20ClN3O. The fourth-order valence-electron chi connectivity index (χ4n) is 2.47. The lowest BCUT2D eigenvalue weighted by atomic mass is 9.75. The molecule has 0 bridgehead atoms. The zero-order valence-corrected chi connectivity index (χ0v) is 11.5. The highest BCUT2D eigenvalue weighted by atomic mass is 35.5. The third-order valence-corrected chi connectivity index (χ3v) is 4.23. The van der Waals surface area contributed by atoms with Gasteiger partial charge in [0, 0.05) is 30.1 Å². The lowest BCUT2D eigenvalue weighted by Crippen LogP contribution is -2.34. The van der Waals surface area contributed by atoms with Crippen LogP contribution in [-0.2, 0) is 0 Å². The van der Waals surface area contributed by atoms with E-state index in [1.165, 1.54) is 32.1 Å². The lowest BCUT2D eigenvalue weighted by molar-refractivity contribution is 0.237. The van der Waals surface area contributed by atoms with Crippen LogP contribution in [0.1, 0.15) is 32.1 Å². The number of anilines is 1. The second-order valence-corrected chi connectivity index (χ2v) is 5.24. The molecule has 18 heavy (non-hydrogen) atoms. The highest BCUT2D eigenvalue weighted by Crippen LogP contribution is 2.37. The zero-order valence-electron chi connectivity index (χ0n) is 10.8. The number of alkyl halides is 1. The maximum absolute atomic E-state index is 6.16. The summed E-state index contributed by atoms with van der Waals surface area (Å²) in [4.78, 5) is 8.45. The first-order valence-corrected chi connectivity index (χ1v) is 6.98. The van der Waals surface area contributed by atoms with E-state index in [-0.39, 0.29) is 5.41 Å². The van der Waals surface area contributed by atoms with Crippen molar-refractivity contribution in [3.63, 3.8) is 0 Å². The van der Waals surface area contributed by atoms with Crippen molar-refractivity contribution in [2.45, 2.75) is 32.1 Å². The van der Waals surface area contributed by atoms with Gasteiger partial charge in [0.05, 0.1) is 7.11 Å². The summed E-state index contributed by atoms with van der Waals surface area (Å²) in [6, 6.07) is 1.74. The van der Waals surface area contributed by atoms with Crippen molar-refractivity contribution in [1.82, 2.24) is 9.97 Å². The molecule has 1 aromatic rings. The van der Waals surface area contributed by atoms with Crippen LogP contribution in [0.2, 0.25) is 0 Å². The molecule has 0 atom stereocenters. The summed E-state index contributed by atoms with van der Waals surface area (Å²) in [6.07, 6.45) is 7.94. The van der Waals surface area contributed by atoms with E-state index in [0.29, 0.717) is 17.7 Å². The standard InChI is InChI=1S/C13H20ClN3O/c1-18-11-5-8-15-12(17-11)16-10-13(9-14)6-3-2-4-7-13/h5,8H,2-4,6-7,9-10H2,1H3,(H,15,16,17). The van der Waals surface area contributed by atoms with Crippen LogP contribution in [0.15, 0.2) is 12.3 Å². The van der Waals surface area contributed by atoms with Crippen molar-refractivity contribution in [1.29, 1.82) is 0 Å². The van der Waals surface area contributed by atoms with Crippen LogP contribution < -0.4 is 10.1 Å². The Bertz CT molecular complexity index is 380. The van der Waals surface area contributed by atoms with Crippen molar-refractivity contribution < 1.29 is 4.74 Å². The Morgan fingerprint density at radius 1 is 1.39 bits per heavy atom. The number of aromatic nitrogens is 2. The molecule has 100 valence electrons. The number of halogens is 1. The first-order chi connectivity index (χ1) is 8.78. The molecule has 1 fully saturated rings. The average Bonchev–Trinajstić information content (AvgIpc) is 2.46. The smallest absolute Gasteiger partial charge is 0.225 e. The summed E-state index contributed by atoms with van der Waals surface area (Å²) in [5.74, 6) is 1.89. The first-order valence-electron chi connectivity index (χ1n) is 6.45. The Hall–Kier alpha value is -1.03. The van der Waals surface area contributed by atoms with Crippen LogP contribution in [0.4, 0.5) is 5.95 Å². The second kappa shape index (κ2) is 6.23. The molecule has 4 nitrogen and oxygen atoms in total. The van der Waals surface area contributed by atoms with Crippen molar-refractivity contribution >= 4 is 17.5 Å². The summed E-state index contributed by atoms with van der Waals surface area (Å²) >= 11 is 6.16. The van der Waals surface area contributed by atoms with Gasteiger partial charge >= 0.3 is 0 Å². The number of nitrogens with one attached hydrogen (secondary N) is 1. The van der Waals surface area contributed by atoms with E-state index in [4.69, 9.17) is 16.3 Å². The quantitative estimate of drug-likeness (QED) is 0.835. The van der Waals surface area contributed by atoms with Gasteiger partial charge in [-0.2, -0.15) is 4.98 Å². The summed E-state index contributed by atoms with van der Waals surface area (Å²) in [5.41, 5.74) is 0.201. The molecule has 1 aliphatic carbocycles. The number of ether oxygens (including phenoxy) is 1. The van der Waals surface area contributed by atoms with Gasteiger partial charge in [0.2, 0.25) is 11.8 Å². The predicted octanol–water partition coefficient (Wildman–Crippen LogP) is 3.09. The van der Waals surface area contributed by atoms with Crippen LogP contribution in [0, 0.1) is 5.41 Å². The van der Waals surface area contributed by atoms with Gasteiger partial charge in [-0.25, -0.2) is 4.98 Å². The third-order valence-electron chi connectivity index (χ3n) is 3.66. The van der Waals surface area contributed by atoms with Crippen LogP contribution in [0.5, 0.6) is 5.88 Å². The largest absolute Gasteiger partial charge is 0.481 e. The molecule has 0 aliphatic heterocycles. The van der Waals surface area contributed by atoms with Crippen molar-refractivity contribution in [3.05, 3.63) is 12.3 Å². The van der Waals surface area contributed by atoms with Crippen LogP contribution in [0.3, 0.4) is 0 Å². The summed E-state index contributed by atoms with van der Waals surface area (Å²) < 4.78 is 5.08. The zero-order chi connectivity index (χ0) is 12.8. The summed E-state index contributed by atoms with van der Waals surface area (Å²) in [6.45, 7) is 0.837. The van der Waals surface area contributed by atoms with Crippen molar-refractivity contribution in [3.8, 4) is 5.88 Å². The number of hydrogen-bond donors (Lipinski definition) is 1. The molecule has 0 aromatic carbocycles.